The van der Waals surface area contributed by atoms with E-state index in [9.17, 15) is 18.3 Å². The maximum absolute atomic E-state index is 11.9. The van der Waals surface area contributed by atoms with E-state index < -0.39 is 12.4 Å². The van der Waals surface area contributed by atoms with E-state index in [0.717, 1.165) is 18.2 Å². The number of halogens is 4. The van der Waals surface area contributed by atoms with Gasteiger partial charge in [0.1, 0.15) is 11.5 Å². The summed E-state index contributed by atoms with van der Waals surface area (Å²) in [6, 6.07) is 2.74. The summed E-state index contributed by atoms with van der Waals surface area (Å²) in [5, 5.41) is 9.42. The molecule has 3 N–H and O–H groups in total. The third-order valence-electron chi connectivity index (χ3n) is 2.07. The number of hydrogen-bond acceptors (Lipinski definition) is 3. The minimum absolute atomic E-state index is 0. The van der Waals surface area contributed by atoms with Crippen LogP contribution in [0.4, 0.5) is 13.2 Å². The van der Waals surface area contributed by atoms with Gasteiger partial charge >= 0.3 is 6.36 Å². The van der Waals surface area contributed by atoms with Gasteiger partial charge < -0.3 is 15.6 Å². The van der Waals surface area contributed by atoms with Crippen molar-refractivity contribution in [3.8, 4) is 11.5 Å². The van der Waals surface area contributed by atoms with Gasteiger partial charge in [-0.05, 0) is 24.6 Å². The van der Waals surface area contributed by atoms with E-state index in [1.807, 2.05) is 0 Å². The van der Waals surface area contributed by atoms with E-state index in [2.05, 4.69) is 4.74 Å². The SMILES string of the molecule is CC[C@@H](N)c1cc(OC(F)(F)F)ccc1O.Cl. The summed E-state index contributed by atoms with van der Waals surface area (Å²) in [4.78, 5) is 0. The molecular weight excluding hydrogens is 259 g/mol. The van der Waals surface area contributed by atoms with Gasteiger partial charge in [-0.2, -0.15) is 0 Å². The molecule has 1 aromatic carbocycles. The largest absolute Gasteiger partial charge is 0.573 e. The maximum Gasteiger partial charge on any atom is 0.573 e. The lowest BCUT2D eigenvalue weighted by atomic mass is 10.0. The standard InChI is InChI=1S/C10H12F3NO2.ClH/c1-2-8(14)7-5-6(3-4-9(7)15)16-10(11,12)13;/h3-5,8,15H,2,14H2,1H3;1H/t8-;/m1./s1. The molecule has 0 radical (unpaired) electrons. The van der Waals surface area contributed by atoms with E-state index in [1.54, 1.807) is 6.92 Å². The van der Waals surface area contributed by atoms with Crippen molar-refractivity contribution in [1.29, 1.82) is 0 Å². The number of hydrogen-bond donors (Lipinski definition) is 2. The second-order valence-electron chi connectivity index (χ2n) is 3.28. The molecule has 1 rings (SSSR count). The van der Waals surface area contributed by atoms with Gasteiger partial charge in [-0.15, -0.1) is 25.6 Å². The van der Waals surface area contributed by atoms with Crippen LogP contribution in [0, 0.1) is 0 Å². The predicted octanol–water partition coefficient (Wildman–Crippen LogP) is 3.12. The Morgan fingerprint density at radius 3 is 2.47 bits per heavy atom. The Labute approximate surface area is 103 Å². The quantitative estimate of drug-likeness (QED) is 0.888. The van der Waals surface area contributed by atoms with Crippen LogP contribution in [0.15, 0.2) is 18.2 Å². The van der Waals surface area contributed by atoms with Crippen molar-refractivity contribution in [2.75, 3.05) is 0 Å². The summed E-state index contributed by atoms with van der Waals surface area (Å²) >= 11 is 0. The summed E-state index contributed by atoms with van der Waals surface area (Å²) in [6.45, 7) is 1.77. The molecule has 0 bridgehead atoms. The molecule has 7 heteroatoms. The highest BCUT2D eigenvalue weighted by molar-refractivity contribution is 5.85. The van der Waals surface area contributed by atoms with E-state index >= 15 is 0 Å². The predicted molar refractivity (Wildman–Crippen MR) is 59.3 cm³/mol. The van der Waals surface area contributed by atoms with Gasteiger partial charge in [0.25, 0.3) is 0 Å². The molecule has 98 valence electrons. The topological polar surface area (TPSA) is 55.5 Å². The zero-order chi connectivity index (χ0) is 12.3. The summed E-state index contributed by atoms with van der Waals surface area (Å²) in [5.74, 6) is -0.520. The number of phenols is 1. The first-order valence-corrected chi connectivity index (χ1v) is 4.67. The first-order chi connectivity index (χ1) is 7.33. The molecule has 0 fully saturated rings. The molecule has 0 aliphatic heterocycles. The van der Waals surface area contributed by atoms with E-state index in [0.29, 0.717) is 6.42 Å². The fourth-order valence-corrected chi connectivity index (χ4v) is 1.25. The Morgan fingerprint density at radius 1 is 1.41 bits per heavy atom. The molecule has 0 saturated carbocycles. The molecule has 1 aromatic rings. The molecular formula is C10H13ClF3NO2. The highest BCUT2D eigenvalue weighted by Crippen LogP contribution is 2.31. The van der Waals surface area contributed by atoms with Gasteiger partial charge in [-0.1, -0.05) is 6.92 Å². The Bertz CT molecular complexity index is 371. The molecule has 0 spiro atoms. The minimum Gasteiger partial charge on any atom is -0.508 e. The normalized spacial score (nSPS) is 12.8. The number of phenolic OH excluding ortho intramolecular Hbond substituents is 1. The Morgan fingerprint density at radius 2 is 2.00 bits per heavy atom. The molecule has 0 aromatic heterocycles. The van der Waals surface area contributed by atoms with Crippen LogP contribution in [0.5, 0.6) is 11.5 Å². The van der Waals surface area contributed by atoms with Crippen molar-refractivity contribution in [2.24, 2.45) is 5.73 Å². The minimum atomic E-state index is -4.75. The molecule has 1 atom stereocenters. The van der Waals surface area contributed by atoms with E-state index in [-0.39, 0.29) is 29.5 Å². The highest BCUT2D eigenvalue weighted by atomic mass is 35.5. The lowest BCUT2D eigenvalue weighted by Gasteiger charge is -2.14. The van der Waals surface area contributed by atoms with Gasteiger partial charge in [0.15, 0.2) is 0 Å². The van der Waals surface area contributed by atoms with Crippen LogP contribution in [-0.2, 0) is 0 Å². The zero-order valence-corrected chi connectivity index (χ0v) is 9.81. The van der Waals surface area contributed by atoms with Gasteiger partial charge in [0.2, 0.25) is 0 Å². The van der Waals surface area contributed by atoms with Crippen molar-refractivity contribution >= 4 is 12.4 Å². The average Bonchev–Trinajstić information content (AvgIpc) is 2.18. The first kappa shape index (κ1) is 15.9. The Kier molecular flexibility index (Phi) is 5.57. The van der Waals surface area contributed by atoms with Crippen LogP contribution in [0.2, 0.25) is 0 Å². The number of alkyl halides is 3. The second kappa shape index (κ2) is 5.97. The summed E-state index contributed by atoms with van der Waals surface area (Å²) in [7, 11) is 0. The fraction of sp³-hybridized carbons (Fsp3) is 0.400. The van der Waals surface area contributed by atoms with Gasteiger partial charge in [0.05, 0.1) is 0 Å². The zero-order valence-electron chi connectivity index (χ0n) is 8.99. The Hall–Kier alpha value is -1.14. The number of nitrogens with two attached hydrogens (primary N) is 1. The monoisotopic (exact) mass is 271 g/mol. The molecule has 0 aliphatic rings. The van der Waals surface area contributed by atoms with Gasteiger partial charge in [-0.25, -0.2) is 0 Å². The van der Waals surface area contributed by atoms with Crippen molar-refractivity contribution in [3.63, 3.8) is 0 Å². The lowest BCUT2D eigenvalue weighted by Crippen LogP contribution is -2.17. The lowest BCUT2D eigenvalue weighted by molar-refractivity contribution is -0.274. The molecule has 0 saturated heterocycles. The summed E-state index contributed by atoms with van der Waals surface area (Å²) < 4.78 is 39.5. The molecule has 0 amide bonds. The second-order valence-corrected chi connectivity index (χ2v) is 3.28. The van der Waals surface area contributed by atoms with Crippen LogP contribution in [-0.4, -0.2) is 11.5 Å². The fourth-order valence-electron chi connectivity index (χ4n) is 1.25. The molecule has 0 unspecified atom stereocenters. The Balaban J connectivity index is 0.00000256. The third kappa shape index (κ3) is 4.70. The smallest absolute Gasteiger partial charge is 0.508 e. The van der Waals surface area contributed by atoms with Gasteiger partial charge in [-0.3, -0.25) is 0 Å². The average molecular weight is 272 g/mol. The van der Waals surface area contributed by atoms with Crippen LogP contribution in [0.3, 0.4) is 0 Å². The number of ether oxygens (including phenoxy) is 1. The van der Waals surface area contributed by atoms with E-state index in [1.165, 1.54) is 0 Å². The van der Waals surface area contributed by atoms with Crippen molar-refractivity contribution in [2.45, 2.75) is 25.7 Å². The highest BCUT2D eigenvalue weighted by Gasteiger charge is 2.31. The van der Waals surface area contributed by atoms with Crippen molar-refractivity contribution < 1.29 is 23.0 Å². The van der Waals surface area contributed by atoms with Gasteiger partial charge in [0, 0.05) is 11.6 Å². The first-order valence-electron chi connectivity index (χ1n) is 4.67. The third-order valence-corrected chi connectivity index (χ3v) is 2.07. The number of benzene rings is 1. The summed E-state index contributed by atoms with van der Waals surface area (Å²) in [5.41, 5.74) is 5.87. The molecule has 0 aliphatic carbocycles. The van der Waals surface area contributed by atoms with Crippen LogP contribution < -0.4 is 10.5 Å². The molecule has 0 heterocycles. The van der Waals surface area contributed by atoms with Crippen LogP contribution in [0.1, 0.15) is 24.9 Å². The number of rotatable bonds is 3. The van der Waals surface area contributed by atoms with Crippen molar-refractivity contribution in [1.82, 2.24) is 0 Å². The van der Waals surface area contributed by atoms with Crippen molar-refractivity contribution in [3.05, 3.63) is 23.8 Å². The number of aromatic hydroxyl groups is 1. The molecule has 3 nitrogen and oxygen atoms in total. The summed E-state index contributed by atoms with van der Waals surface area (Å²) in [6.07, 6.45) is -4.24. The molecule has 17 heavy (non-hydrogen) atoms. The van der Waals surface area contributed by atoms with Crippen LogP contribution in [0.25, 0.3) is 0 Å². The van der Waals surface area contributed by atoms with E-state index in [4.69, 9.17) is 5.73 Å². The maximum atomic E-state index is 11.9. The van der Waals surface area contributed by atoms with Crippen LogP contribution >= 0.6 is 12.4 Å².